The van der Waals surface area contributed by atoms with Crippen molar-refractivity contribution in [2.24, 2.45) is 0 Å². The Balaban J connectivity index is 4.34. The maximum Gasteiger partial charge on any atom is 0.364 e. The molecular formula is C6H11O4PS. The van der Waals surface area contributed by atoms with Crippen molar-refractivity contribution in [3.05, 3.63) is 0 Å². The number of rotatable bonds is 6. The Bertz CT molecular complexity index is 169. The van der Waals surface area contributed by atoms with Crippen LogP contribution in [-0.2, 0) is 26.1 Å². The van der Waals surface area contributed by atoms with Gasteiger partial charge in [-0.1, -0.05) is 11.8 Å². The summed E-state index contributed by atoms with van der Waals surface area (Å²) in [5, 5.41) is 8.76. The molecule has 0 aliphatic carbocycles. The summed E-state index contributed by atoms with van der Waals surface area (Å²) in [6.07, 6.45) is 0.823. The molecule has 0 saturated heterocycles. The standard InChI is InChI=1S/C6H11O4PS/c1-9-6(10-2,5(7)8)3-4-11-12/h3-4H2,1-2H3,(H,7,8). The smallest absolute Gasteiger partial charge is 0.364 e. The van der Waals surface area contributed by atoms with Crippen LogP contribution in [-0.4, -0.2) is 37.2 Å². The predicted octanol–water partition coefficient (Wildman–Crippen LogP) is 0.858. The maximum atomic E-state index is 10.7. The van der Waals surface area contributed by atoms with Crippen LogP contribution in [0.1, 0.15) is 6.42 Å². The van der Waals surface area contributed by atoms with E-state index in [0.717, 1.165) is 0 Å². The fourth-order valence-corrected chi connectivity index (χ4v) is 1.42. The molecule has 6 heteroatoms. The van der Waals surface area contributed by atoms with Gasteiger partial charge in [0.2, 0.25) is 0 Å². The SMILES string of the molecule is COC(CCP=S)(OC)C(=O)O. The largest absolute Gasteiger partial charge is 0.477 e. The van der Waals surface area contributed by atoms with E-state index in [4.69, 9.17) is 14.6 Å². The third kappa shape index (κ3) is 2.75. The van der Waals surface area contributed by atoms with Gasteiger partial charge < -0.3 is 14.6 Å². The van der Waals surface area contributed by atoms with E-state index in [-0.39, 0.29) is 6.42 Å². The van der Waals surface area contributed by atoms with Crippen LogP contribution in [0, 0.1) is 0 Å². The molecule has 70 valence electrons. The molecule has 0 heterocycles. The zero-order valence-corrected chi connectivity index (χ0v) is 8.65. The van der Waals surface area contributed by atoms with Crippen LogP contribution in [0.25, 0.3) is 0 Å². The molecule has 0 aromatic rings. The molecule has 0 aromatic carbocycles. The van der Waals surface area contributed by atoms with Gasteiger partial charge in [-0.15, -0.1) is 0 Å². The predicted molar refractivity (Wildman–Crippen MR) is 48.2 cm³/mol. The van der Waals surface area contributed by atoms with Gasteiger partial charge in [-0.3, -0.25) is 0 Å². The summed E-state index contributed by atoms with van der Waals surface area (Å²) in [5.74, 6) is -2.64. The molecule has 0 aromatic heterocycles. The van der Waals surface area contributed by atoms with Crippen molar-refractivity contribution in [2.75, 3.05) is 20.4 Å². The topological polar surface area (TPSA) is 55.8 Å². The molecule has 0 aliphatic heterocycles. The van der Waals surface area contributed by atoms with Gasteiger partial charge in [0, 0.05) is 26.8 Å². The Labute approximate surface area is 77.7 Å². The maximum absolute atomic E-state index is 10.7. The molecule has 0 radical (unpaired) electrons. The van der Waals surface area contributed by atoms with Crippen LogP contribution in [0.2, 0.25) is 0 Å². The molecule has 0 unspecified atom stereocenters. The molecule has 0 spiro atoms. The third-order valence-electron chi connectivity index (χ3n) is 1.52. The van der Waals surface area contributed by atoms with Gasteiger partial charge in [0.1, 0.15) is 0 Å². The summed E-state index contributed by atoms with van der Waals surface area (Å²) in [5.41, 5.74) is 0. The van der Waals surface area contributed by atoms with E-state index in [2.05, 4.69) is 11.8 Å². The molecule has 0 bridgehead atoms. The molecule has 0 fully saturated rings. The van der Waals surface area contributed by atoms with Crippen molar-refractivity contribution in [3.63, 3.8) is 0 Å². The normalized spacial score (nSPS) is 11.8. The summed E-state index contributed by atoms with van der Waals surface area (Å²) < 4.78 is 9.56. The minimum absolute atomic E-state index is 0.264. The minimum atomic E-state index is -1.52. The van der Waals surface area contributed by atoms with E-state index in [1.165, 1.54) is 14.2 Å². The lowest BCUT2D eigenvalue weighted by molar-refractivity contribution is -0.225. The highest BCUT2D eigenvalue weighted by molar-refractivity contribution is 7.96. The fraction of sp³-hybridized carbons (Fsp3) is 0.833. The van der Waals surface area contributed by atoms with Gasteiger partial charge in [0.25, 0.3) is 5.79 Å². The molecule has 0 aliphatic rings. The second kappa shape index (κ2) is 5.54. The summed E-state index contributed by atoms with van der Waals surface area (Å²) in [6.45, 7) is 0. The zero-order valence-electron chi connectivity index (χ0n) is 6.94. The van der Waals surface area contributed by atoms with Gasteiger partial charge in [0.05, 0.1) is 0 Å². The zero-order chi connectivity index (χ0) is 9.61. The van der Waals surface area contributed by atoms with Gasteiger partial charge in [-0.25, -0.2) is 4.79 Å². The van der Waals surface area contributed by atoms with Crippen LogP contribution >= 0.6 is 7.36 Å². The van der Waals surface area contributed by atoms with E-state index >= 15 is 0 Å². The van der Waals surface area contributed by atoms with Crippen molar-refractivity contribution < 1.29 is 19.4 Å². The Hall–Kier alpha value is -0.0900. The van der Waals surface area contributed by atoms with E-state index < -0.39 is 11.8 Å². The van der Waals surface area contributed by atoms with Gasteiger partial charge in [-0.05, 0) is 7.36 Å². The number of hydrogen-bond acceptors (Lipinski definition) is 4. The average molecular weight is 210 g/mol. The van der Waals surface area contributed by atoms with Crippen LogP contribution in [0.15, 0.2) is 0 Å². The van der Waals surface area contributed by atoms with Gasteiger partial charge in [0.15, 0.2) is 0 Å². The summed E-state index contributed by atoms with van der Waals surface area (Å²) in [6, 6.07) is 0. The second-order valence-electron chi connectivity index (χ2n) is 2.07. The van der Waals surface area contributed by atoms with Crippen molar-refractivity contribution in [1.82, 2.24) is 0 Å². The average Bonchev–Trinajstić information content (AvgIpc) is 2.07. The lowest BCUT2D eigenvalue weighted by Crippen LogP contribution is -2.43. The summed E-state index contributed by atoms with van der Waals surface area (Å²) >= 11 is 4.67. The minimum Gasteiger partial charge on any atom is -0.477 e. The van der Waals surface area contributed by atoms with Crippen LogP contribution in [0.5, 0.6) is 0 Å². The van der Waals surface area contributed by atoms with Crippen molar-refractivity contribution in [1.29, 1.82) is 0 Å². The molecule has 0 atom stereocenters. The highest BCUT2D eigenvalue weighted by Crippen LogP contribution is 2.18. The number of aliphatic carboxylic acids is 1. The lowest BCUT2D eigenvalue weighted by atomic mass is 10.2. The first-order chi connectivity index (χ1) is 5.63. The first-order valence-corrected chi connectivity index (χ1v) is 5.35. The number of hydrogen-bond donors (Lipinski definition) is 1. The Morgan fingerprint density at radius 2 is 2.08 bits per heavy atom. The van der Waals surface area contributed by atoms with E-state index in [0.29, 0.717) is 13.5 Å². The summed E-state index contributed by atoms with van der Waals surface area (Å²) in [7, 11) is 3.32. The van der Waals surface area contributed by atoms with E-state index in [9.17, 15) is 4.79 Å². The van der Waals surface area contributed by atoms with E-state index in [1.807, 2.05) is 0 Å². The lowest BCUT2D eigenvalue weighted by Gasteiger charge is -2.24. The van der Waals surface area contributed by atoms with Crippen molar-refractivity contribution in [3.8, 4) is 0 Å². The third-order valence-corrected chi connectivity index (χ3v) is 2.47. The van der Waals surface area contributed by atoms with Crippen LogP contribution in [0.4, 0.5) is 0 Å². The molecule has 12 heavy (non-hydrogen) atoms. The van der Waals surface area contributed by atoms with Crippen molar-refractivity contribution >= 4 is 25.1 Å². The molecular weight excluding hydrogens is 199 g/mol. The first-order valence-electron chi connectivity index (χ1n) is 3.25. The number of carboxylic acids is 1. The second-order valence-corrected chi connectivity index (χ2v) is 3.55. The number of carbonyl (C=O) groups is 1. The fourth-order valence-electron chi connectivity index (χ4n) is 0.762. The van der Waals surface area contributed by atoms with Crippen LogP contribution in [0.3, 0.4) is 0 Å². The molecule has 0 saturated carbocycles. The quantitative estimate of drug-likeness (QED) is 0.520. The molecule has 1 N–H and O–H groups in total. The molecule has 0 rings (SSSR count). The van der Waals surface area contributed by atoms with Crippen LogP contribution < -0.4 is 0 Å². The molecule has 0 amide bonds. The Kier molecular flexibility index (Phi) is 5.50. The number of carboxylic acid groups (broad SMARTS) is 1. The van der Waals surface area contributed by atoms with Gasteiger partial charge in [-0.2, -0.15) is 0 Å². The van der Waals surface area contributed by atoms with Crippen molar-refractivity contribution in [2.45, 2.75) is 12.2 Å². The Morgan fingerprint density at radius 1 is 1.58 bits per heavy atom. The molecule has 4 nitrogen and oxygen atoms in total. The monoisotopic (exact) mass is 210 g/mol. The first kappa shape index (κ1) is 11.9. The van der Waals surface area contributed by atoms with E-state index in [1.54, 1.807) is 0 Å². The Morgan fingerprint density at radius 3 is 2.33 bits per heavy atom. The number of ether oxygens (including phenoxy) is 2. The highest BCUT2D eigenvalue weighted by Gasteiger charge is 2.38. The van der Waals surface area contributed by atoms with Gasteiger partial charge >= 0.3 is 5.97 Å². The number of methoxy groups -OCH3 is 2. The summed E-state index contributed by atoms with van der Waals surface area (Å²) in [4.78, 5) is 10.7. The highest BCUT2D eigenvalue weighted by atomic mass is 32.4.